The zero-order chi connectivity index (χ0) is 18.5. The summed E-state index contributed by atoms with van der Waals surface area (Å²) in [5.74, 6) is -0.0954. The molecule has 6 nitrogen and oxygen atoms in total. The molecule has 26 heavy (non-hydrogen) atoms. The number of nitrogens with one attached hydrogen (secondary N) is 3. The van der Waals surface area contributed by atoms with Crippen LogP contribution in [0.3, 0.4) is 0 Å². The molecule has 3 rings (SSSR count). The maximum Gasteiger partial charge on any atom is 0.255 e. The molecule has 0 spiro atoms. The molecule has 0 saturated heterocycles. The van der Waals surface area contributed by atoms with E-state index in [0.717, 1.165) is 11.3 Å². The van der Waals surface area contributed by atoms with E-state index in [1.807, 2.05) is 13.0 Å². The van der Waals surface area contributed by atoms with Gasteiger partial charge in [0.25, 0.3) is 11.8 Å². The molecule has 0 bridgehead atoms. The molecule has 1 heterocycles. The lowest BCUT2D eigenvalue weighted by atomic mass is 10.1. The van der Waals surface area contributed by atoms with Gasteiger partial charge in [-0.25, -0.2) is 0 Å². The first-order valence-electron chi connectivity index (χ1n) is 8.33. The van der Waals surface area contributed by atoms with Gasteiger partial charge >= 0.3 is 0 Å². The molecule has 0 fully saturated rings. The fraction of sp³-hybridized carbons (Fsp3) is 0.211. The Kier molecular flexibility index (Phi) is 5.58. The van der Waals surface area contributed by atoms with Crippen LogP contribution in [-0.2, 0) is 4.79 Å². The summed E-state index contributed by atoms with van der Waals surface area (Å²) in [6, 6.07) is 11.9. The van der Waals surface area contributed by atoms with Crippen molar-refractivity contribution in [3.05, 3.63) is 53.6 Å². The summed E-state index contributed by atoms with van der Waals surface area (Å²) in [5.41, 5.74) is 2.25. The van der Waals surface area contributed by atoms with Crippen LogP contribution in [0.1, 0.15) is 34.1 Å². The molecule has 2 aromatic carbocycles. The van der Waals surface area contributed by atoms with Crippen LogP contribution in [0.25, 0.3) is 0 Å². The topological polar surface area (TPSA) is 87.3 Å². The molecule has 0 aromatic heterocycles. The first kappa shape index (κ1) is 18.0. The summed E-state index contributed by atoms with van der Waals surface area (Å²) in [6.07, 6.45) is 0.875. The van der Waals surface area contributed by atoms with E-state index in [1.54, 1.807) is 36.4 Å². The Balaban J connectivity index is 1.67. The summed E-state index contributed by atoms with van der Waals surface area (Å²) >= 11 is 1.45. The second-order valence-corrected chi connectivity index (χ2v) is 6.85. The predicted molar refractivity (Wildman–Crippen MR) is 103 cm³/mol. The number of benzene rings is 2. The minimum atomic E-state index is -0.277. The van der Waals surface area contributed by atoms with E-state index < -0.39 is 0 Å². The Morgan fingerprint density at radius 1 is 1.08 bits per heavy atom. The summed E-state index contributed by atoms with van der Waals surface area (Å²) in [5, 5.41) is 8.37. The van der Waals surface area contributed by atoms with E-state index in [2.05, 4.69) is 16.0 Å². The average Bonchev–Trinajstić information content (AvgIpc) is 2.66. The van der Waals surface area contributed by atoms with Gasteiger partial charge in [-0.05, 0) is 48.9 Å². The van der Waals surface area contributed by atoms with E-state index in [9.17, 15) is 14.4 Å². The summed E-state index contributed by atoms with van der Waals surface area (Å²) in [7, 11) is 0. The molecular weight excluding hydrogens is 350 g/mol. The molecule has 7 heteroatoms. The average molecular weight is 369 g/mol. The van der Waals surface area contributed by atoms with Gasteiger partial charge in [0, 0.05) is 28.3 Å². The van der Waals surface area contributed by atoms with Gasteiger partial charge in [0.1, 0.15) is 0 Å². The van der Waals surface area contributed by atoms with Crippen LogP contribution in [0, 0.1) is 0 Å². The number of fused-ring (bicyclic) bond motifs is 1. The number of hydrogen-bond acceptors (Lipinski definition) is 4. The molecule has 3 N–H and O–H groups in total. The van der Waals surface area contributed by atoms with Gasteiger partial charge in [0.05, 0.1) is 11.4 Å². The lowest BCUT2D eigenvalue weighted by Crippen LogP contribution is -2.23. The van der Waals surface area contributed by atoms with Crippen molar-refractivity contribution < 1.29 is 14.4 Å². The number of amides is 3. The van der Waals surface area contributed by atoms with Crippen molar-refractivity contribution in [2.45, 2.75) is 18.2 Å². The third-order valence-corrected chi connectivity index (χ3v) is 4.89. The fourth-order valence-electron chi connectivity index (χ4n) is 2.47. The van der Waals surface area contributed by atoms with Crippen LogP contribution < -0.4 is 16.0 Å². The Hall–Kier alpha value is -2.80. The van der Waals surface area contributed by atoms with Crippen LogP contribution in [0.2, 0.25) is 0 Å². The van der Waals surface area contributed by atoms with Gasteiger partial charge in [-0.2, -0.15) is 0 Å². The predicted octanol–water partition coefficient (Wildman–Crippen LogP) is 3.12. The first-order valence-corrected chi connectivity index (χ1v) is 9.31. The monoisotopic (exact) mass is 369 g/mol. The van der Waals surface area contributed by atoms with Gasteiger partial charge in [-0.1, -0.05) is 6.92 Å². The number of anilines is 2. The van der Waals surface area contributed by atoms with E-state index in [1.165, 1.54) is 11.8 Å². The zero-order valence-corrected chi connectivity index (χ0v) is 15.1. The first-order chi connectivity index (χ1) is 12.6. The second-order valence-electron chi connectivity index (χ2n) is 5.84. The second kappa shape index (κ2) is 8.05. The Bertz CT molecular complexity index is 850. The molecule has 1 aliphatic heterocycles. The van der Waals surface area contributed by atoms with Crippen molar-refractivity contribution in [3.63, 3.8) is 0 Å². The lowest BCUT2D eigenvalue weighted by molar-refractivity contribution is -0.113. The molecular formula is C19H19N3O3S. The number of rotatable bonds is 5. The van der Waals surface area contributed by atoms with Crippen LogP contribution in [0.15, 0.2) is 47.4 Å². The van der Waals surface area contributed by atoms with Crippen molar-refractivity contribution in [1.82, 2.24) is 5.32 Å². The third-order valence-electron chi connectivity index (χ3n) is 3.82. The molecule has 0 radical (unpaired) electrons. The van der Waals surface area contributed by atoms with Crippen molar-refractivity contribution in [3.8, 4) is 0 Å². The standard InChI is InChI=1S/C19H19N3O3S/c1-2-9-20-18(24)12-3-6-14(7-4-12)21-19(25)13-5-8-16-15(10-13)22-17(23)11-26-16/h3-8,10H,2,9,11H2,1H3,(H,20,24)(H,21,25)(H,22,23). The Morgan fingerprint density at radius 2 is 1.81 bits per heavy atom. The van der Waals surface area contributed by atoms with Gasteiger partial charge in [0.2, 0.25) is 5.91 Å². The molecule has 0 aliphatic carbocycles. The largest absolute Gasteiger partial charge is 0.352 e. The number of carbonyl (C=O) groups is 3. The fourth-order valence-corrected chi connectivity index (χ4v) is 3.26. The number of carbonyl (C=O) groups excluding carboxylic acids is 3. The maximum atomic E-state index is 12.4. The number of thioether (sulfide) groups is 1. The molecule has 1 aliphatic rings. The Morgan fingerprint density at radius 3 is 2.54 bits per heavy atom. The molecule has 2 aromatic rings. The highest BCUT2D eigenvalue weighted by atomic mass is 32.2. The van der Waals surface area contributed by atoms with Gasteiger partial charge in [-0.3, -0.25) is 14.4 Å². The number of hydrogen-bond donors (Lipinski definition) is 3. The smallest absolute Gasteiger partial charge is 0.255 e. The summed E-state index contributed by atoms with van der Waals surface area (Å²) in [6.45, 7) is 2.62. The van der Waals surface area contributed by atoms with Crippen molar-refractivity contribution >= 4 is 40.9 Å². The van der Waals surface area contributed by atoms with E-state index in [-0.39, 0.29) is 17.7 Å². The van der Waals surface area contributed by atoms with Gasteiger partial charge in [-0.15, -0.1) is 11.8 Å². The van der Waals surface area contributed by atoms with E-state index in [4.69, 9.17) is 0 Å². The van der Waals surface area contributed by atoms with Gasteiger partial charge < -0.3 is 16.0 Å². The van der Waals surface area contributed by atoms with Crippen LogP contribution in [0.4, 0.5) is 11.4 Å². The highest BCUT2D eigenvalue weighted by Gasteiger charge is 2.17. The maximum absolute atomic E-state index is 12.4. The highest BCUT2D eigenvalue weighted by Crippen LogP contribution is 2.32. The highest BCUT2D eigenvalue weighted by molar-refractivity contribution is 8.00. The van der Waals surface area contributed by atoms with Crippen molar-refractivity contribution in [1.29, 1.82) is 0 Å². The molecule has 0 unspecified atom stereocenters. The lowest BCUT2D eigenvalue weighted by Gasteiger charge is -2.17. The van der Waals surface area contributed by atoms with E-state index in [0.29, 0.717) is 34.8 Å². The molecule has 134 valence electrons. The summed E-state index contributed by atoms with van der Waals surface area (Å²) < 4.78 is 0. The molecule has 0 saturated carbocycles. The minimum absolute atomic E-state index is 0.0722. The van der Waals surface area contributed by atoms with Crippen molar-refractivity contribution in [2.75, 3.05) is 22.9 Å². The van der Waals surface area contributed by atoms with E-state index >= 15 is 0 Å². The van der Waals surface area contributed by atoms with Gasteiger partial charge in [0.15, 0.2) is 0 Å². The SMILES string of the molecule is CCCNC(=O)c1ccc(NC(=O)c2ccc3c(c2)NC(=O)CS3)cc1. The van der Waals surface area contributed by atoms with Crippen LogP contribution in [-0.4, -0.2) is 30.0 Å². The quantitative estimate of drug-likeness (QED) is 0.756. The molecule has 0 atom stereocenters. The Labute approximate surface area is 155 Å². The summed E-state index contributed by atoms with van der Waals surface area (Å²) in [4.78, 5) is 36.8. The third kappa shape index (κ3) is 4.23. The zero-order valence-electron chi connectivity index (χ0n) is 14.3. The normalized spacial score (nSPS) is 12.7. The van der Waals surface area contributed by atoms with Crippen LogP contribution in [0.5, 0.6) is 0 Å². The van der Waals surface area contributed by atoms with Crippen molar-refractivity contribution in [2.24, 2.45) is 0 Å². The minimum Gasteiger partial charge on any atom is -0.352 e. The van der Waals surface area contributed by atoms with Crippen LogP contribution >= 0.6 is 11.8 Å². The molecule has 3 amide bonds.